The number of rotatable bonds is 6. The Kier molecular flexibility index (Phi) is 4.51. The molecule has 2 nitrogen and oxygen atoms in total. The molecular formula is C16H22F3NO. The summed E-state index contributed by atoms with van der Waals surface area (Å²) in [6, 6.07) is 4.93. The molecule has 1 aromatic carbocycles. The van der Waals surface area contributed by atoms with Gasteiger partial charge in [0.1, 0.15) is 5.75 Å². The van der Waals surface area contributed by atoms with Gasteiger partial charge in [-0.15, -0.1) is 13.2 Å². The molecule has 0 atom stereocenters. The predicted octanol–water partition coefficient (Wildman–Crippen LogP) is 4.38. The Bertz CT molecular complexity index is 493. The third-order valence-corrected chi connectivity index (χ3v) is 4.22. The second-order valence-electron chi connectivity index (χ2n) is 6.32. The van der Waals surface area contributed by atoms with Crippen molar-refractivity contribution in [2.75, 3.05) is 6.54 Å². The fourth-order valence-electron chi connectivity index (χ4n) is 2.50. The monoisotopic (exact) mass is 301 g/mol. The SMILES string of the molecule is CC(C)c1cc(CCC2(CN)CC2)cc(OC(F)(F)F)c1. The molecule has 0 bridgehead atoms. The maximum absolute atomic E-state index is 12.4. The van der Waals surface area contributed by atoms with E-state index in [4.69, 9.17) is 5.73 Å². The van der Waals surface area contributed by atoms with E-state index in [-0.39, 0.29) is 17.1 Å². The fourth-order valence-corrected chi connectivity index (χ4v) is 2.50. The summed E-state index contributed by atoms with van der Waals surface area (Å²) in [5, 5.41) is 0. The first-order valence-electron chi connectivity index (χ1n) is 7.33. The van der Waals surface area contributed by atoms with Crippen LogP contribution in [-0.4, -0.2) is 12.9 Å². The molecule has 0 aliphatic heterocycles. The van der Waals surface area contributed by atoms with E-state index < -0.39 is 6.36 Å². The van der Waals surface area contributed by atoms with E-state index in [2.05, 4.69) is 4.74 Å². The molecule has 1 fully saturated rings. The van der Waals surface area contributed by atoms with E-state index in [1.165, 1.54) is 12.1 Å². The average Bonchev–Trinajstić information content (AvgIpc) is 3.14. The first-order chi connectivity index (χ1) is 9.73. The summed E-state index contributed by atoms with van der Waals surface area (Å²) >= 11 is 0. The quantitative estimate of drug-likeness (QED) is 0.846. The second-order valence-corrected chi connectivity index (χ2v) is 6.32. The van der Waals surface area contributed by atoms with Crippen molar-refractivity contribution in [2.45, 2.75) is 51.8 Å². The molecule has 2 rings (SSSR count). The third kappa shape index (κ3) is 4.63. The Morgan fingerprint density at radius 1 is 1.24 bits per heavy atom. The first-order valence-corrected chi connectivity index (χ1v) is 7.33. The molecule has 0 radical (unpaired) electrons. The average molecular weight is 301 g/mol. The fraction of sp³-hybridized carbons (Fsp3) is 0.625. The van der Waals surface area contributed by atoms with Crippen molar-refractivity contribution in [1.82, 2.24) is 0 Å². The Morgan fingerprint density at radius 3 is 2.38 bits per heavy atom. The molecule has 0 unspecified atom stereocenters. The minimum atomic E-state index is -4.65. The van der Waals surface area contributed by atoms with E-state index in [9.17, 15) is 13.2 Å². The molecule has 5 heteroatoms. The topological polar surface area (TPSA) is 35.2 Å². The Morgan fingerprint density at radius 2 is 1.90 bits per heavy atom. The minimum Gasteiger partial charge on any atom is -0.406 e. The van der Waals surface area contributed by atoms with Crippen LogP contribution in [0.1, 0.15) is 50.2 Å². The van der Waals surface area contributed by atoms with E-state index >= 15 is 0 Å². The summed E-state index contributed by atoms with van der Waals surface area (Å²) in [7, 11) is 0. The van der Waals surface area contributed by atoms with Crippen LogP contribution in [0.15, 0.2) is 18.2 Å². The third-order valence-electron chi connectivity index (χ3n) is 4.22. The molecule has 2 N–H and O–H groups in total. The van der Waals surface area contributed by atoms with Crippen molar-refractivity contribution in [3.63, 3.8) is 0 Å². The molecule has 0 saturated heterocycles. The summed E-state index contributed by atoms with van der Waals surface area (Å²) in [5.41, 5.74) is 7.73. The lowest BCUT2D eigenvalue weighted by Gasteiger charge is -2.16. The van der Waals surface area contributed by atoms with E-state index in [0.29, 0.717) is 6.54 Å². The number of alkyl halides is 3. The van der Waals surface area contributed by atoms with Gasteiger partial charge >= 0.3 is 6.36 Å². The summed E-state index contributed by atoms with van der Waals surface area (Å²) in [6.07, 6.45) is -0.733. The Labute approximate surface area is 123 Å². The van der Waals surface area contributed by atoms with Gasteiger partial charge in [0.05, 0.1) is 0 Å². The van der Waals surface area contributed by atoms with Crippen LogP contribution in [0.5, 0.6) is 5.75 Å². The molecule has 1 aliphatic rings. The number of halogens is 3. The number of nitrogens with two attached hydrogens (primary N) is 1. The van der Waals surface area contributed by atoms with Gasteiger partial charge in [0, 0.05) is 0 Å². The maximum Gasteiger partial charge on any atom is 0.573 e. The van der Waals surface area contributed by atoms with Crippen LogP contribution in [0.2, 0.25) is 0 Å². The largest absolute Gasteiger partial charge is 0.573 e. The van der Waals surface area contributed by atoms with Crippen molar-refractivity contribution in [1.29, 1.82) is 0 Å². The van der Waals surface area contributed by atoms with Crippen molar-refractivity contribution in [3.8, 4) is 5.75 Å². The zero-order chi connectivity index (χ0) is 15.7. The van der Waals surface area contributed by atoms with Crippen LogP contribution in [0.25, 0.3) is 0 Å². The molecule has 1 aliphatic carbocycles. The Balaban J connectivity index is 2.15. The summed E-state index contributed by atoms with van der Waals surface area (Å²) in [6.45, 7) is 4.57. The van der Waals surface area contributed by atoms with E-state index in [0.717, 1.165) is 36.8 Å². The van der Waals surface area contributed by atoms with Gasteiger partial charge < -0.3 is 10.5 Å². The van der Waals surface area contributed by atoms with Crippen LogP contribution < -0.4 is 10.5 Å². The standard InChI is InChI=1S/C16H22F3NO/c1-11(2)13-7-12(3-4-15(10-20)5-6-15)8-14(9-13)21-16(17,18)19/h7-9,11H,3-6,10,20H2,1-2H3. The van der Waals surface area contributed by atoms with Crippen LogP contribution in [0.3, 0.4) is 0 Å². The van der Waals surface area contributed by atoms with Crippen molar-refractivity contribution in [2.24, 2.45) is 11.1 Å². The highest BCUT2D eigenvalue weighted by Crippen LogP contribution is 2.48. The molecule has 21 heavy (non-hydrogen) atoms. The van der Waals surface area contributed by atoms with Gasteiger partial charge in [-0.3, -0.25) is 0 Å². The highest BCUT2D eigenvalue weighted by molar-refractivity contribution is 5.36. The molecule has 0 aromatic heterocycles. The summed E-state index contributed by atoms with van der Waals surface area (Å²) in [4.78, 5) is 0. The van der Waals surface area contributed by atoms with Gasteiger partial charge in [-0.1, -0.05) is 19.9 Å². The molecule has 0 heterocycles. The number of hydrogen-bond acceptors (Lipinski definition) is 2. The van der Waals surface area contributed by atoms with Gasteiger partial charge in [-0.25, -0.2) is 0 Å². The second kappa shape index (κ2) is 5.87. The number of benzene rings is 1. The number of ether oxygens (including phenoxy) is 1. The molecule has 0 spiro atoms. The minimum absolute atomic E-state index is 0.124. The lowest BCUT2D eigenvalue weighted by Crippen LogP contribution is -2.18. The van der Waals surface area contributed by atoms with Crippen molar-refractivity contribution >= 4 is 0 Å². The molecule has 0 amide bonds. The predicted molar refractivity (Wildman–Crippen MR) is 76.3 cm³/mol. The smallest absolute Gasteiger partial charge is 0.406 e. The van der Waals surface area contributed by atoms with Gasteiger partial charge in [0.15, 0.2) is 0 Å². The zero-order valence-corrected chi connectivity index (χ0v) is 12.5. The summed E-state index contributed by atoms with van der Waals surface area (Å²) < 4.78 is 41.3. The highest BCUT2D eigenvalue weighted by atomic mass is 19.4. The Hall–Kier alpha value is -1.23. The lowest BCUT2D eigenvalue weighted by atomic mass is 9.94. The van der Waals surface area contributed by atoms with E-state index in [1.807, 2.05) is 19.9 Å². The van der Waals surface area contributed by atoms with Crippen LogP contribution >= 0.6 is 0 Å². The zero-order valence-electron chi connectivity index (χ0n) is 12.5. The molecule has 1 aromatic rings. The highest BCUT2D eigenvalue weighted by Gasteiger charge is 2.40. The number of hydrogen-bond donors (Lipinski definition) is 1. The van der Waals surface area contributed by atoms with Crippen LogP contribution in [0.4, 0.5) is 13.2 Å². The van der Waals surface area contributed by atoms with Gasteiger partial charge in [-0.05, 0) is 66.8 Å². The van der Waals surface area contributed by atoms with Crippen molar-refractivity contribution in [3.05, 3.63) is 29.3 Å². The van der Waals surface area contributed by atoms with Gasteiger partial charge in [0.25, 0.3) is 0 Å². The van der Waals surface area contributed by atoms with Crippen molar-refractivity contribution < 1.29 is 17.9 Å². The van der Waals surface area contributed by atoms with Crippen LogP contribution in [0, 0.1) is 5.41 Å². The molecule has 1 saturated carbocycles. The van der Waals surface area contributed by atoms with Crippen LogP contribution in [-0.2, 0) is 6.42 Å². The summed E-state index contributed by atoms with van der Waals surface area (Å²) in [5.74, 6) is 0.0335. The van der Waals surface area contributed by atoms with Gasteiger partial charge in [0.2, 0.25) is 0 Å². The lowest BCUT2D eigenvalue weighted by molar-refractivity contribution is -0.274. The first kappa shape index (κ1) is 16.1. The normalized spacial score (nSPS) is 17.1. The molecular weight excluding hydrogens is 279 g/mol. The number of aryl methyl sites for hydroxylation is 1. The van der Waals surface area contributed by atoms with Gasteiger partial charge in [-0.2, -0.15) is 0 Å². The maximum atomic E-state index is 12.4. The molecule has 118 valence electrons. The van der Waals surface area contributed by atoms with E-state index in [1.54, 1.807) is 0 Å².